The number of carbonyl (C=O) groups is 2. The van der Waals surface area contributed by atoms with Gasteiger partial charge in [0, 0.05) is 48.9 Å². The zero-order valence-electron chi connectivity index (χ0n) is 22.2. The molecular weight excluding hydrogens is 510 g/mol. The van der Waals surface area contributed by atoms with Crippen LogP contribution in [-0.2, 0) is 14.9 Å². The minimum absolute atomic E-state index is 0.128. The number of methoxy groups -OCH3 is 1. The molecule has 1 heterocycles. The van der Waals surface area contributed by atoms with Crippen molar-refractivity contribution < 1.29 is 19.2 Å². The van der Waals surface area contributed by atoms with Crippen molar-refractivity contribution in [2.45, 2.75) is 39.5 Å². The Morgan fingerprint density at radius 1 is 1.18 bits per heavy atom. The largest absolute Gasteiger partial charge is 0.385 e. The number of nitrogens with one attached hydrogen (secondary N) is 1. The summed E-state index contributed by atoms with van der Waals surface area (Å²) in [4.78, 5) is 38.8. The Balaban J connectivity index is 1.90. The van der Waals surface area contributed by atoms with E-state index in [-0.39, 0.29) is 29.8 Å². The van der Waals surface area contributed by atoms with Crippen LogP contribution in [-0.4, -0.2) is 58.2 Å². The topological polar surface area (TPSA) is 120 Å². The fourth-order valence-corrected chi connectivity index (χ4v) is 3.99. The third kappa shape index (κ3) is 6.96. The highest BCUT2D eigenvalue weighted by Crippen LogP contribution is 2.29. The number of rotatable bonds is 10. The fourth-order valence-electron chi connectivity index (χ4n) is 3.77. The van der Waals surface area contributed by atoms with Crippen LogP contribution in [0.25, 0.3) is 5.69 Å². The first kappa shape index (κ1) is 28.8. The van der Waals surface area contributed by atoms with E-state index in [0.717, 1.165) is 5.69 Å². The van der Waals surface area contributed by atoms with Gasteiger partial charge in [-0.25, -0.2) is 4.68 Å². The zero-order valence-corrected chi connectivity index (χ0v) is 22.9. The second-order valence-electron chi connectivity index (χ2n) is 9.91. The van der Waals surface area contributed by atoms with Gasteiger partial charge in [-0.15, -0.1) is 0 Å². The second-order valence-corrected chi connectivity index (χ2v) is 10.3. The predicted molar refractivity (Wildman–Crippen MR) is 146 cm³/mol. The Morgan fingerprint density at radius 3 is 2.53 bits per heavy atom. The van der Waals surface area contributed by atoms with Crippen LogP contribution in [0.1, 0.15) is 48.8 Å². The summed E-state index contributed by atoms with van der Waals surface area (Å²) >= 11 is 6.42. The normalized spacial score (nSPS) is 11.3. The molecule has 1 N–H and O–H groups in total. The number of aromatic nitrogens is 2. The van der Waals surface area contributed by atoms with Crippen LogP contribution in [0.3, 0.4) is 0 Å². The first-order valence-corrected chi connectivity index (χ1v) is 12.5. The van der Waals surface area contributed by atoms with E-state index in [1.165, 1.54) is 23.1 Å². The summed E-state index contributed by atoms with van der Waals surface area (Å²) in [6.45, 7) is 7.96. The molecule has 10 nitrogen and oxygen atoms in total. The number of hydrogen-bond acceptors (Lipinski definition) is 6. The van der Waals surface area contributed by atoms with Gasteiger partial charge in [0.2, 0.25) is 5.91 Å². The number of hydrogen-bond donors (Lipinski definition) is 1. The SMILES string of the molecule is COCCCN(CC(=O)Nc1cc(C(C)(C)C)nn1-c1ccccc1Cl)C(=O)c1ccc(C)c([N+](=O)[O-])c1. The highest BCUT2D eigenvalue weighted by atomic mass is 35.5. The number of ether oxygens (including phenoxy) is 1. The van der Waals surface area contributed by atoms with Crippen molar-refractivity contribution in [3.63, 3.8) is 0 Å². The highest BCUT2D eigenvalue weighted by molar-refractivity contribution is 6.32. The van der Waals surface area contributed by atoms with Gasteiger partial charge in [-0.1, -0.05) is 50.6 Å². The molecule has 0 atom stereocenters. The number of para-hydroxylation sites is 1. The summed E-state index contributed by atoms with van der Waals surface area (Å²) in [5.41, 5.74) is 1.46. The van der Waals surface area contributed by atoms with Crippen LogP contribution in [0, 0.1) is 17.0 Å². The highest BCUT2D eigenvalue weighted by Gasteiger charge is 2.25. The van der Waals surface area contributed by atoms with Crippen molar-refractivity contribution in [3.8, 4) is 5.69 Å². The standard InChI is InChI=1S/C27H32ClN5O5/c1-18-11-12-19(15-22(18)33(36)37)26(35)31(13-8-14-38-5)17-25(34)29-24-16-23(27(2,3)4)30-32(24)21-10-7-6-9-20(21)28/h6-7,9-12,15-16H,8,13-14,17H2,1-5H3,(H,29,34). The molecule has 3 rings (SSSR count). The first-order chi connectivity index (χ1) is 17.9. The van der Waals surface area contributed by atoms with Gasteiger partial charge < -0.3 is 15.0 Å². The van der Waals surface area contributed by atoms with E-state index in [1.54, 1.807) is 43.0 Å². The number of aryl methyl sites for hydroxylation is 1. The number of anilines is 1. The van der Waals surface area contributed by atoms with E-state index >= 15 is 0 Å². The number of carbonyl (C=O) groups excluding carboxylic acids is 2. The van der Waals surface area contributed by atoms with E-state index in [2.05, 4.69) is 10.4 Å². The number of benzene rings is 2. The van der Waals surface area contributed by atoms with E-state index in [4.69, 9.17) is 16.3 Å². The van der Waals surface area contributed by atoms with Gasteiger partial charge in [-0.05, 0) is 31.5 Å². The lowest BCUT2D eigenvalue weighted by atomic mass is 9.92. The van der Waals surface area contributed by atoms with Gasteiger partial charge >= 0.3 is 0 Å². The quantitative estimate of drug-likeness (QED) is 0.215. The third-order valence-electron chi connectivity index (χ3n) is 5.88. The zero-order chi connectivity index (χ0) is 28.0. The lowest BCUT2D eigenvalue weighted by molar-refractivity contribution is -0.385. The van der Waals surface area contributed by atoms with Crippen molar-refractivity contribution in [3.05, 3.63) is 80.5 Å². The average molecular weight is 542 g/mol. The number of nitro groups is 1. The van der Waals surface area contributed by atoms with E-state index < -0.39 is 16.7 Å². The molecule has 3 aromatic rings. The smallest absolute Gasteiger partial charge is 0.273 e. The van der Waals surface area contributed by atoms with Crippen LogP contribution >= 0.6 is 11.6 Å². The Kier molecular flexibility index (Phi) is 9.24. The monoisotopic (exact) mass is 541 g/mol. The third-order valence-corrected chi connectivity index (χ3v) is 6.20. The molecule has 0 aliphatic carbocycles. The lowest BCUT2D eigenvalue weighted by Crippen LogP contribution is -2.39. The van der Waals surface area contributed by atoms with Gasteiger partial charge in [0.1, 0.15) is 12.4 Å². The fraction of sp³-hybridized carbons (Fsp3) is 0.370. The van der Waals surface area contributed by atoms with Crippen LogP contribution in [0.2, 0.25) is 5.02 Å². The van der Waals surface area contributed by atoms with Gasteiger partial charge in [0.15, 0.2) is 0 Å². The molecule has 2 aromatic carbocycles. The van der Waals surface area contributed by atoms with E-state index in [1.807, 2.05) is 26.8 Å². The van der Waals surface area contributed by atoms with Crippen molar-refractivity contribution in [1.29, 1.82) is 0 Å². The lowest BCUT2D eigenvalue weighted by Gasteiger charge is -2.22. The number of halogens is 1. The maximum atomic E-state index is 13.3. The molecule has 0 spiro atoms. The summed E-state index contributed by atoms with van der Waals surface area (Å²) in [5.74, 6) is -0.538. The molecule has 0 unspecified atom stereocenters. The first-order valence-electron chi connectivity index (χ1n) is 12.1. The van der Waals surface area contributed by atoms with Crippen molar-refractivity contribution >= 4 is 34.9 Å². The molecule has 2 amide bonds. The Labute approximate surface area is 226 Å². The maximum Gasteiger partial charge on any atom is 0.273 e. The van der Waals surface area contributed by atoms with E-state index in [9.17, 15) is 19.7 Å². The summed E-state index contributed by atoms with van der Waals surface area (Å²) in [6.07, 6.45) is 0.481. The van der Waals surface area contributed by atoms with Crippen LogP contribution in [0.15, 0.2) is 48.5 Å². The summed E-state index contributed by atoms with van der Waals surface area (Å²) in [7, 11) is 1.55. The van der Waals surface area contributed by atoms with Crippen molar-refractivity contribution in [2.24, 2.45) is 0 Å². The van der Waals surface area contributed by atoms with E-state index in [0.29, 0.717) is 35.1 Å². The minimum atomic E-state index is -0.531. The molecule has 0 saturated carbocycles. The number of nitro benzene ring substituents is 1. The van der Waals surface area contributed by atoms with Crippen molar-refractivity contribution in [1.82, 2.24) is 14.7 Å². The van der Waals surface area contributed by atoms with Gasteiger partial charge in [-0.3, -0.25) is 19.7 Å². The molecule has 202 valence electrons. The molecule has 38 heavy (non-hydrogen) atoms. The Morgan fingerprint density at radius 2 is 1.89 bits per heavy atom. The van der Waals surface area contributed by atoms with Gasteiger partial charge in [0.05, 0.1) is 21.3 Å². The second kappa shape index (κ2) is 12.2. The minimum Gasteiger partial charge on any atom is -0.385 e. The molecule has 0 saturated heterocycles. The van der Waals surface area contributed by atoms with Crippen LogP contribution in [0.5, 0.6) is 0 Å². The van der Waals surface area contributed by atoms with Gasteiger partial charge in [0.25, 0.3) is 11.6 Å². The molecule has 0 aliphatic heterocycles. The van der Waals surface area contributed by atoms with Crippen LogP contribution < -0.4 is 5.32 Å². The molecule has 1 aromatic heterocycles. The average Bonchev–Trinajstić information content (AvgIpc) is 3.27. The van der Waals surface area contributed by atoms with Gasteiger partial charge in [-0.2, -0.15) is 5.10 Å². The summed E-state index contributed by atoms with van der Waals surface area (Å²) in [6, 6.07) is 13.2. The predicted octanol–water partition coefficient (Wildman–Crippen LogP) is 5.16. The molecular formula is C27H32ClN5O5. The number of nitrogens with zero attached hydrogens (tertiary/aromatic N) is 4. The Bertz CT molecular complexity index is 1330. The summed E-state index contributed by atoms with van der Waals surface area (Å²) < 4.78 is 6.67. The molecule has 0 fully saturated rings. The summed E-state index contributed by atoms with van der Waals surface area (Å²) in [5, 5.41) is 19.4. The molecule has 11 heteroatoms. The molecule has 0 radical (unpaired) electrons. The molecule has 0 bridgehead atoms. The van der Waals surface area contributed by atoms with Crippen molar-refractivity contribution in [2.75, 3.05) is 32.1 Å². The Hall–Kier alpha value is -3.76. The molecule has 0 aliphatic rings. The number of amides is 2. The maximum absolute atomic E-state index is 13.3. The van der Waals surface area contributed by atoms with Crippen LogP contribution in [0.4, 0.5) is 11.5 Å².